The van der Waals surface area contributed by atoms with Crippen molar-refractivity contribution >= 4 is 46.9 Å². The van der Waals surface area contributed by atoms with Gasteiger partial charge in [-0.05, 0) is 24.1 Å². The first kappa shape index (κ1) is 19.0. The molecule has 0 spiro atoms. The van der Waals surface area contributed by atoms with Crippen LogP contribution in [0.4, 0.5) is 0 Å². The molecule has 1 fully saturated rings. The number of imidazole rings is 1. The number of esters is 2. The Morgan fingerprint density at radius 3 is 2.27 bits per heavy atom. The highest BCUT2D eigenvalue weighted by molar-refractivity contribution is 7.99. The van der Waals surface area contributed by atoms with Gasteiger partial charge >= 0.3 is 18.4 Å². The molecule has 2 aromatic rings. The molecule has 0 saturated carbocycles. The molecule has 2 heterocycles. The minimum absolute atomic E-state index is 0.0477. The van der Waals surface area contributed by atoms with E-state index in [0.29, 0.717) is 20.9 Å². The molecule has 1 aliphatic heterocycles. The van der Waals surface area contributed by atoms with Crippen molar-refractivity contribution in [2.45, 2.75) is 42.6 Å². The lowest BCUT2D eigenvalue weighted by Gasteiger charge is -2.16. The van der Waals surface area contributed by atoms with Crippen molar-refractivity contribution in [2.24, 2.45) is 5.73 Å². The predicted octanol–water partition coefficient (Wildman–Crippen LogP) is 3.48. The summed E-state index contributed by atoms with van der Waals surface area (Å²) in [5.74, 6) is -1.64. The van der Waals surface area contributed by atoms with Gasteiger partial charge in [-0.15, -0.1) is 0 Å². The zero-order valence-corrected chi connectivity index (χ0v) is 16.2. The summed E-state index contributed by atoms with van der Waals surface area (Å²) in [6.07, 6.45) is -1.24. The first-order valence-corrected chi connectivity index (χ1v) is 9.24. The Morgan fingerprint density at radius 1 is 1.19 bits per heavy atom. The van der Waals surface area contributed by atoms with E-state index in [0.717, 1.165) is 10.6 Å². The molecule has 0 radical (unpaired) electrons. The summed E-state index contributed by atoms with van der Waals surface area (Å²) >= 11 is 13.5. The summed E-state index contributed by atoms with van der Waals surface area (Å²) in [4.78, 5) is 28.2. The molecule has 0 atom stereocenters. The Labute approximate surface area is 163 Å². The zero-order chi connectivity index (χ0) is 19.0. The molecule has 26 heavy (non-hydrogen) atoms. The van der Waals surface area contributed by atoms with Crippen LogP contribution in [0, 0.1) is 0 Å². The van der Waals surface area contributed by atoms with Crippen LogP contribution in [0.15, 0.2) is 28.1 Å². The molecule has 0 amide bonds. The minimum Gasteiger partial charge on any atom is -0.397 e. The van der Waals surface area contributed by atoms with Crippen LogP contribution in [0.25, 0.3) is 0 Å². The zero-order valence-electron chi connectivity index (χ0n) is 13.9. The van der Waals surface area contributed by atoms with E-state index in [4.69, 9.17) is 38.4 Å². The van der Waals surface area contributed by atoms with Crippen molar-refractivity contribution in [1.82, 2.24) is 9.55 Å². The van der Waals surface area contributed by atoms with E-state index in [1.807, 2.05) is 13.8 Å². The van der Waals surface area contributed by atoms with Gasteiger partial charge in [0, 0.05) is 14.9 Å². The number of carbonyl (C=O) groups excluding carboxylic acids is 2. The summed E-state index contributed by atoms with van der Waals surface area (Å²) in [5, 5.41) is 1.59. The Bertz CT molecular complexity index is 848. The fraction of sp³-hybridized carbons (Fsp3) is 0.312. The highest BCUT2D eigenvalue weighted by atomic mass is 35.5. The van der Waals surface area contributed by atoms with Gasteiger partial charge in [-0.1, -0.05) is 48.8 Å². The normalized spacial score (nSPS) is 14.8. The van der Waals surface area contributed by atoms with Crippen molar-refractivity contribution in [3.63, 3.8) is 0 Å². The summed E-state index contributed by atoms with van der Waals surface area (Å²) in [6.45, 7) is 4.01. The van der Waals surface area contributed by atoms with Gasteiger partial charge in [0.05, 0.1) is 12.2 Å². The van der Waals surface area contributed by atoms with Crippen LogP contribution in [0.5, 0.6) is 0 Å². The molecule has 0 unspecified atom stereocenters. The number of nitrogens with two attached hydrogens (primary N) is 1. The lowest BCUT2D eigenvalue weighted by molar-refractivity contribution is -0.155. The second-order valence-electron chi connectivity index (χ2n) is 5.77. The summed E-state index contributed by atoms with van der Waals surface area (Å²) in [7, 11) is 0. The van der Waals surface area contributed by atoms with E-state index in [2.05, 4.69) is 4.98 Å². The maximum atomic E-state index is 11.5. The number of hydrogen-bond donors (Lipinski definition) is 1. The topological polar surface area (TPSA) is 96.4 Å². The number of carbonyl (C=O) groups is 2. The SMILES string of the molecule is CC(C)c1nc(CN)n(C2OC(=O)C(=O)O2)c1Sc1cc(Cl)cc(Cl)c1. The van der Waals surface area contributed by atoms with E-state index < -0.39 is 18.4 Å². The Morgan fingerprint density at radius 2 is 1.77 bits per heavy atom. The summed E-state index contributed by atoms with van der Waals surface area (Å²) in [6, 6.07) is 5.11. The Balaban J connectivity index is 2.10. The van der Waals surface area contributed by atoms with Crippen LogP contribution in [0.3, 0.4) is 0 Å². The molecule has 2 N–H and O–H groups in total. The van der Waals surface area contributed by atoms with Crippen LogP contribution in [0.2, 0.25) is 10.0 Å². The molecule has 10 heteroatoms. The van der Waals surface area contributed by atoms with Crippen molar-refractivity contribution in [2.75, 3.05) is 0 Å². The minimum atomic E-state index is -1.24. The highest BCUT2D eigenvalue weighted by Crippen LogP contribution is 2.39. The maximum Gasteiger partial charge on any atom is 0.422 e. The molecule has 7 nitrogen and oxygen atoms in total. The number of nitrogens with zero attached hydrogens (tertiary/aromatic N) is 2. The van der Waals surface area contributed by atoms with Crippen LogP contribution in [-0.2, 0) is 25.6 Å². The van der Waals surface area contributed by atoms with Gasteiger partial charge in [0.15, 0.2) is 0 Å². The molecule has 0 aliphatic carbocycles. The fourth-order valence-electron chi connectivity index (χ4n) is 2.43. The number of aromatic nitrogens is 2. The first-order chi connectivity index (χ1) is 12.3. The van der Waals surface area contributed by atoms with Gasteiger partial charge in [-0.25, -0.2) is 19.1 Å². The van der Waals surface area contributed by atoms with Crippen LogP contribution in [0.1, 0.15) is 37.7 Å². The second-order valence-corrected chi connectivity index (χ2v) is 7.71. The molecule has 3 rings (SSSR count). The average Bonchev–Trinajstić information content (AvgIpc) is 3.06. The third-order valence-corrected chi connectivity index (χ3v) is 5.05. The van der Waals surface area contributed by atoms with Gasteiger partial charge in [-0.3, -0.25) is 0 Å². The second kappa shape index (κ2) is 7.48. The summed E-state index contributed by atoms with van der Waals surface area (Å²) < 4.78 is 11.5. The van der Waals surface area contributed by atoms with Crippen molar-refractivity contribution < 1.29 is 19.1 Å². The van der Waals surface area contributed by atoms with Crippen molar-refractivity contribution in [3.8, 4) is 0 Å². The average molecular weight is 416 g/mol. The van der Waals surface area contributed by atoms with E-state index >= 15 is 0 Å². The van der Waals surface area contributed by atoms with E-state index in [1.54, 1.807) is 18.2 Å². The van der Waals surface area contributed by atoms with Crippen molar-refractivity contribution in [3.05, 3.63) is 39.8 Å². The lowest BCUT2D eigenvalue weighted by atomic mass is 10.1. The molecule has 0 bridgehead atoms. The van der Waals surface area contributed by atoms with Gasteiger partial charge in [0.1, 0.15) is 10.9 Å². The summed E-state index contributed by atoms with van der Waals surface area (Å²) in [5.41, 5.74) is 6.52. The lowest BCUT2D eigenvalue weighted by Crippen LogP contribution is -2.16. The van der Waals surface area contributed by atoms with Crippen LogP contribution >= 0.6 is 35.0 Å². The molecule has 1 saturated heterocycles. The Hall–Kier alpha value is -1.74. The maximum absolute atomic E-state index is 11.5. The number of cyclic esters (lactones) is 2. The number of benzene rings is 1. The molecule has 1 aromatic heterocycles. The van der Waals surface area contributed by atoms with Gasteiger partial charge < -0.3 is 15.2 Å². The predicted molar refractivity (Wildman–Crippen MR) is 96.0 cm³/mol. The Kier molecular flexibility index (Phi) is 5.47. The van der Waals surface area contributed by atoms with Gasteiger partial charge in [-0.2, -0.15) is 0 Å². The van der Waals surface area contributed by atoms with Crippen LogP contribution < -0.4 is 5.73 Å². The first-order valence-electron chi connectivity index (χ1n) is 7.66. The smallest absolute Gasteiger partial charge is 0.397 e. The molecule has 1 aromatic carbocycles. The molecular formula is C16H15Cl2N3O4S. The van der Waals surface area contributed by atoms with Gasteiger partial charge in [0.25, 0.3) is 0 Å². The quantitative estimate of drug-likeness (QED) is 0.589. The number of rotatable bonds is 5. The number of ether oxygens (including phenoxy) is 2. The molecule has 1 aliphatic rings. The van der Waals surface area contributed by atoms with E-state index in [1.165, 1.54) is 16.3 Å². The van der Waals surface area contributed by atoms with E-state index in [-0.39, 0.29) is 12.5 Å². The fourth-order valence-corrected chi connectivity index (χ4v) is 4.35. The van der Waals surface area contributed by atoms with Gasteiger partial charge in [0.2, 0.25) is 0 Å². The number of halogens is 2. The van der Waals surface area contributed by atoms with Crippen molar-refractivity contribution in [1.29, 1.82) is 0 Å². The van der Waals surface area contributed by atoms with E-state index in [9.17, 15) is 9.59 Å². The largest absolute Gasteiger partial charge is 0.422 e. The standard InChI is InChI=1S/C16H15Cl2N3O4S/c1-7(2)12-13(26-10-4-8(17)3-9(18)5-10)21(11(6-19)20-12)16-24-14(22)15(23)25-16/h3-5,7,16H,6,19H2,1-2H3. The molecule has 138 valence electrons. The third kappa shape index (κ3) is 3.68. The molecular weight excluding hydrogens is 401 g/mol. The monoisotopic (exact) mass is 415 g/mol. The van der Waals surface area contributed by atoms with Crippen LogP contribution in [-0.4, -0.2) is 21.5 Å². The highest BCUT2D eigenvalue weighted by Gasteiger charge is 2.39. The number of hydrogen-bond acceptors (Lipinski definition) is 7. The third-order valence-electron chi connectivity index (χ3n) is 3.54.